The van der Waals surface area contributed by atoms with Crippen LogP contribution < -0.4 is 4.90 Å². The van der Waals surface area contributed by atoms with E-state index in [1.54, 1.807) is 19.2 Å². The Kier molecular flexibility index (Phi) is 4.95. The largest absolute Gasteiger partial charge is 0.299 e. The van der Waals surface area contributed by atoms with E-state index in [2.05, 4.69) is 18.2 Å². The van der Waals surface area contributed by atoms with Crippen LogP contribution in [0.5, 0.6) is 0 Å². The predicted molar refractivity (Wildman–Crippen MR) is 76.4 cm³/mol. The minimum absolute atomic E-state index is 0.907. The maximum atomic E-state index is 4.24. The molecule has 0 fully saturated rings. The maximum absolute atomic E-state index is 4.24. The third kappa shape index (κ3) is 3.18. The number of amidine groups is 1. The molecule has 0 N–H and O–H groups in total. The molecule has 0 radical (unpaired) electrons. The van der Waals surface area contributed by atoms with E-state index in [4.69, 9.17) is 0 Å². The molecular weight excluding hydrogens is 208 g/mol. The lowest BCUT2D eigenvalue weighted by atomic mass is 10.2. The first kappa shape index (κ1) is 13.0. The third-order valence-electron chi connectivity index (χ3n) is 2.42. The summed E-state index contributed by atoms with van der Waals surface area (Å²) in [5.41, 5.74) is 2.01. The molecular formula is C15H18N2. The van der Waals surface area contributed by atoms with Crippen LogP contribution in [-0.2, 0) is 0 Å². The highest BCUT2D eigenvalue weighted by Crippen LogP contribution is 2.20. The Hall–Kier alpha value is -2.09. The predicted octanol–water partition coefficient (Wildman–Crippen LogP) is 3.80. The molecule has 0 unspecified atom stereocenters. The number of hydrogen-bond acceptors (Lipinski definition) is 1. The van der Waals surface area contributed by atoms with Crippen LogP contribution in [0, 0.1) is 0 Å². The molecule has 0 heterocycles. The second-order valence-electron chi connectivity index (χ2n) is 3.47. The Balaban J connectivity index is 3.26. The lowest BCUT2D eigenvalue weighted by Crippen LogP contribution is -2.27. The summed E-state index contributed by atoms with van der Waals surface area (Å²) in [5.74, 6) is 0.907. The van der Waals surface area contributed by atoms with Gasteiger partial charge in [-0.15, -0.1) is 0 Å². The van der Waals surface area contributed by atoms with Gasteiger partial charge in [0, 0.05) is 18.4 Å². The molecule has 1 aromatic rings. The molecule has 0 spiro atoms. The van der Waals surface area contributed by atoms with Crippen molar-refractivity contribution in [3.05, 3.63) is 67.4 Å². The minimum Gasteiger partial charge on any atom is -0.299 e. The van der Waals surface area contributed by atoms with E-state index in [0.29, 0.717) is 0 Å². The standard InChI is InChI=1S/C15H18N2/c1-5-10-14(6-2)17(13(3)16-4)15-11-8-7-9-12-15/h5-12H,1-2H2,3-4H3/b14-10+,16-13?. The van der Waals surface area contributed by atoms with E-state index in [1.807, 2.05) is 48.2 Å². The molecule has 88 valence electrons. The lowest BCUT2D eigenvalue weighted by molar-refractivity contribution is 1.22. The second kappa shape index (κ2) is 6.48. The summed E-state index contributed by atoms with van der Waals surface area (Å²) in [6, 6.07) is 10.1. The smallest absolute Gasteiger partial charge is 0.104 e. The summed E-state index contributed by atoms with van der Waals surface area (Å²) in [5, 5.41) is 0. The Morgan fingerprint density at radius 3 is 2.35 bits per heavy atom. The van der Waals surface area contributed by atoms with Gasteiger partial charge in [-0.2, -0.15) is 0 Å². The van der Waals surface area contributed by atoms with Crippen LogP contribution in [0.4, 0.5) is 5.69 Å². The average Bonchev–Trinajstić information content (AvgIpc) is 2.39. The van der Waals surface area contributed by atoms with Gasteiger partial charge >= 0.3 is 0 Å². The molecule has 0 bridgehead atoms. The van der Waals surface area contributed by atoms with Gasteiger partial charge in [0.05, 0.1) is 0 Å². The van der Waals surface area contributed by atoms with Crippen molar-refractivity contribution < 1.29 is 0 Å². The van der Waals surface area contributed by atoms with Crippen LogP contribution in [-0.4, -0.2) is 12.9 Å². The van der Waals surface area contributed by atoms with Crippen LogP contribution in [0.25, 0.3) is 0 Å². The highest BCUT2D eigenvalue weighted by molar-refractivity contribution is 5.99. The second-order valence-corrected chi connectivity index (χ2v) is 3.47. The molecule has 17 heavy (non-hydrogen) atoms. The van der Waals surface area contributed by atoms with Gasteiger partial charge in [-0.3, -0.25) is 9.89 Å². The van der Waals surface area contributed by atoms with Crippen LogP contribution in [0.1, 0.15) is 6.92 Å². The molecule has 1 aromatic carbocycles. The van der Waals surface area contributed by atoms with Crippen LogP contribution in [0.3, 0.4) is 0 Å². The van der Waals surface area contributed by atoms with Crippen molar-refractivity contribution >= 4 is 11.5 Å². The highest BCUT2D eigenvalue weighted by atomic mass is 15.2. The quantitative estimate of drug-likeness (QED) is 0.433. The summed E-state index contributed by atoms with van der Waals surface area (Å²) in [6.45, 7) is 9.51. The van der Waals surface area contributed by atoms with Gasteiger partial charge in [-0.1, -0.05) is 37.4 Å². The number of allylic oxidation sites excluding steroid dienone is 3. The zero-order valence-corrected chi connectivity index (χ0v) is 10.4. The van der Waals surface area contributed by atoms with E-state index in [1.165, 1.54) is 0 Å². The molecule has 0 saturated heterocycles. The summed E-state index contributed by atoms with van der Waals surface area (Å²) in [6.07, 6.45) is 5.45. The first-order valence-electron chi connectivity index (χ1n) is 5.48. The molecule has 0 atom stereocenters. The first-order valence-corrected chi connectivity index (χ1v) is 5.48. The number of anilines is 1. The topological polar surface area (TPSA) is 15.6 Å². The van der Waals surface area contributed by atoms with Crippen molar-refractivity contribution in [2.75, 3.05) is 11.9 Å². The number of para-hydroxylation sites is 1. The van der Waals surface area contributed by atoms with Crippen molar-refractivity contribution in [2.45, 2.75) is 6.92 Å². The molecule has 0 saturated carbocycles. The summed E-state index contributed by atoms with van der Waals surface area (Å²) in [4.78, 5) is 6.27. The normalized spacial score (nSPS) is 12.1. The minimum atomic E-state index is 0.907. The fraction of sp³-hybridized carbons (Fsp3) is 0.133. The molecule has 0 aromatic heterocycles. The van der Waals surface area contributed by atoms with Crippen LogP contribution in [0.15, 0.2) is 72.4 Å². The zero-order chi connectivity index (χ0) is 12.7. The molecule has 2 nitrogen and oxygen atoms in total. The van der Waals surface area contributed by atoms with Crippen molar-refractivity contribution in [2.24, 2.45) is 4.99 Å². The highest BCUT2D eigenvalue weighted by Gasteiger charge is 2.11. The van der Waals surface area contributed by atoms with Crippen molar-refractivity contribution in [3.8, 4) is 0 Å². The molecule has 0 aliphatic rings. The number of benzene rings is 1. The van der Waals surface area contributed by atoms with Gasteiger partial charge in [0.1, 0.15) is 5.84 Å². The van der Waals surface area contributed by atoms with Gasteiger partial charge in [0.2, 0.25) is 0 Å². The average molecular weight is 226 g/mol. The lowest BCUT2D eigenvalue weighted by Gasteiger charge is -2.25. The van der Waals surface area contributed by atoms with E-state index < -0.39 is 0 Å². The fourth-order valence-electron chi connectivity index (χ4n) is 1.55. The van der Waals surface area contributed by atoms with E-state index in [9.17, 15) is 0 Å². The third-order valence-corrected chi connectivity index (χ3v) is 2.42. The van der Waals surface area contributed by atoms with Crippen molar-refractivity contribution in [1.82, 2.24) is 0 Å². The van der Waals surface area contributed by atoms with Crippen LogP contribution in [0.2, 0.25) is 0 Å². The Morgan fingerprint density at radius 2 is 1.88 bits per heavy atom. The van der Waals surface area contributed by atoms with Crippen molar-refractivity contribution in [1.29, 1.82) is 0 Å². The molecule has 2 heteroatoms. The molecule has 0 aliphatic carbocycles. The summed E-state index contributed by atoms with van der Waals surface area (Å²) in [7, 11) is 1.78. The fourth-order valence-corrected chi connectivity index (χ4v) is 1.55. The summed E-state index contributed by atoms with van der Waals surface area (Å²) < 4.78 is 0. The van der Waals surface area contributed by atoms with E-state index in [-0.39, 0.29) is 0 Å². The monoisotopic (exact) mass is 226 g/mol. The van der Waals surface area contributed by atoms with Crippen LogP contribution >= 0.6 is 0 Å². The number of nitrogens with zero attached hydrogens (tertiary/aromatic N) is 2. The number of aliphatic imine (C=N–C) groups is 1. The first-order chi connectivity index (χ1) is 8.24. The number of hydrogen-bond donors (Lipinski definition) is 0. The Labute approximate surface area is 103 Å². The Bertz CT molecular complexity index is 441. The maximum Gasteiger partial charge on any atom is 0.104 e. The van der Waals surface area contributed by atoms with E-state index in [0.717, 1.165) is 17.2 Å². The summed E-state index contributed by atoms with van der Waals surface area (Å²) >= 11 is 0. The number of rotatable bonds is 4. The van der Waals surface area contributed by atoms with Gasteiger partial charge in [0.15, 0.2) is 0 Å². The van der Waals surface area contributed by atoms with Gasteiger partial charge in [0.25, 0.3) is 0 Å². The zero-order valence-electron chi connectivity index (χ0n) is 10.4. The SMILES string of the molecule is C=C/C=C(\C=C)N(C(C)=NC)c1ccccc1. The molecule has 0 aliphatic heterocycles. The Morgan fingerprint density at radius 1 is 1.24 bits per heavy atom. The molecule has 0 amide bonds. The van der Waals surface area contributed by atoms with E-state index >= 15 is 0 Å². The van der Waals surface area contributed by atoms with Gasteiger partial charge < -0.3 is 0 Å². The van der Waals surface area contributed by atoms with Gasteiger partial charge in [-0.05, 0) is 31.2 Å². The van der Waals surface area contributed by atoms with Gasteiger partial charge in [-0.25, -0.2) is 0 Å². The van der Waals surface area contributed by atoms with Crippen molar-refractivity contribution in [3.63, 3.8) is 0 Å². The molecule has 1 rings (SSSR count).